The van der Waals surface area contributed by atoms with Gasteiger partial charge in [0.15, 0.2) is 12.1 Å². The van der Waals surface area contributed by atoms with Crippen molar-refractivity contribution in [3.05, 3.63) is 0 Å². The van der Waals surface area contributed by atoms with Gasteiger partial charge in [-0.15, -0.1) is 0 Å². The maximum atomic E-state index is 12.6. The van der Waals surface area contributed by atoms with Crippen molar-refractivity contribution in [3.63, 3.8) is 0 Å². The molecule has 9 heteroatoms. The van der Waals surface area contributed by atoms with Gasteiger partial charge < -0.3 is 34.3 Å². The second kappa shape index (κ2) is 8.40. The van der Waals surface area contributed by atoms with E-state index in [9.17, 15) is 9.59 Å². The number of esters is 1. The van der Waals surface area contributed by atoms with Crippen molar-refractivity contribution in [1.29, 1.82) is 0 Å². The highest BCUT2D eigenvalue weighted by Gasteiger charge is 2.57. The summed E-state index contributed by atoms with van der Waals surface area (Å²) in [7, 11) is 1.56. The van der Waals surface area contributed by atoms with Gasteiger partial charge in [0.1, 0.15) is 18.3 Å². The predicted octanol–water partition coefficient (Wildman–Crippen LogP) is 0.0678. The lowest BCUT2D eigenvalue weighted by atomic mass is 10.00. The fourth-order valence-corrected chi connectivity index (χ4v) is 3.94. The summed E-state index contributed by atoms with van der Waals surface area (Å²) < 4.78 is 28.4. The number of hydrogen-bond donors (Lipinski definition) is 2. The summed E-state index contributed by atoms with van der Waals surface area (Å²) in [5, 5.41) is 6.10. The van der Waals surface area contributed by atoms with Crippen molar-refractivity contribution < 1.29 is 33.3 Å². The van der Waals surface area contributed by atoms with E-state index in [4.69, 9.17) is 23.7 Å². The highest BCUT2D eigenvalue weighted by atomic mass is 16.8. The molecule has 6 atom stereocenters. The van der Waals surface area contributed by atoms with Crippen molar-refractivity contribution in [3.8, 4) is 0 Å². The number of amides is 1. The summed E-state index contributed by atoms with van der Waals surface area (Å²) in [5.41, 5.74) is 0. The summed E-state index contributed by atoms with van der Waals surface area (Å²) >= 11 is 0. The first-order valence-corrected chi connectivity index (χ1v) is 9.58. The van der Waals surface area contributed by atoms with Gasteiger partial charge in [0.2, 0.25) is 5.91 Å². The number of carbonyl (C=O) groups excluding carboxylic acids is 2. The Balaban J connectivity index is 1.73. The molecule has 0 bridgehead atoms. The zero-order valence-corrected chi connectivity index (χ0v) is 16.4. The molecule has 2 N–H and O–H groups in total. The number of methoxy groups -OCH3 is 1. The lowest BCUT2D eigenvalue weighted by molar-refractivity contribution is -0.220. The van der Waals surface area contributed by atoms with Crippen molar-refractivity contribution >= 4 is 11.9 Å². The molecule has 0 spiro atoms. The smallest absolute Gasteiger partial charge is 0.307 e. The maximum absolute atomic E-state index is 12.6. The molecule has 3 heterocycles. The van der Waals surface area contributed by atoms with Gasteiger partial charge in [-0.25, -0.2) is 0 Å². The van der Waals surface area contributed by atoms with E-state index in [2.05, 4.69) is 10.6 Å². The number of ether oxygens (including phenoxy) is 5. The first-order chi connectivity index (χ1) is 12.8. The van der Waals surface area contributed by atoms with Gasteiger partial charge in [-0.1, -0.05) is 0 Å². The molecule has 3 rings (SSSR count). The first kappa shape index (κ1) is 20.5. The van der Waals surface area contributed by atoms with Gasteiger partial charge >= 0.3 is 5.97 Å². The Bertz CT molecular complexity index is 550. The van der Waals surface area contributed by atoms with E-state index in [1.807, 2.05) is 0 Å². The normalized spacial score (nSPS) is 35.6. The molecule has 3 aliphatic rings. The molecule has 3 aliphatic heterocycles. The van der Waals surface area contributed by atoms with Crippen LogP contribution in [0.25, 0.3) is 0 Å². The molecule has 154 valence electrons. The Morgan fingerprint density at radius 2 is 2.11 bits per heavy atom. The van der Waals surface area contributed by atoms with Crippen molar-refractivity contribution in [2.45, 2.75) is 82.5 Å². The topological polar surface area (TPSA) is 104 Å². The molecule has 0 aromatic rings. The molecule has 0 aromatic carbocycles. The zero-order chi connectivity index (χ0) is 19.6. The summed E-state index contributed by atoms with van der Waals surface area (Å²) in [6.07, 6.45) is -0.406. The molecule has 9 nitrogen and oxygen atoms in total. The highest BCUT2D eigenvalue weighted by Crippen LogP contribution is 2.39. The third-order valence-electron chi connectivity index (χ3n) is 5.09. The molecular weight excluding hydrogens is 356 g/mol. The van der Waals surface area contributed by atoms with Crippen LogP contribution in [0, 0.1) is 0 Å². The van der Waals surface area contributed by atoms with Crippen LogP contribution in [0.2, 0.25) is 0 Å². The largest absolute Gasteiger partial charge is 0.466 e. The average Bonchev–Trinajstić information content (AvgIpc) is 3.28. The van der Waals surface area contributed by atoms with Crippen LogP contribution < -0.4 is 10.6 Å². The average molecular weight is 386 g/mol. The number of fused-ring (bicyclic) bond motifs is 1. The standard InChI is InChI=1S/C18H30N2O7/c1-5-24-12(21)9-11(20-16(22)10-7-6-8-19-10)13-14(23-4)15-17(25-13)27-18(2,3)26-15/h10-11,13-15,17,19H,5-9H2,1-4H3,(H,20,22)/t10-,11?,13?,14+,15-,17-/m0/s1. The second-order valence-corrected chi connectivity index (χ2v) is 7.54. The van der Waals surface area contributed by atoms with E-state index in [0.717, 1.165) is 19.4 Å². The molecule has 27 heavy (non-hydrogen) atoms. The number of hydrogen-bond acceptors (Lipinski definition) is 8. The van der Waals surface area contributed by atoms with Gasteiger partial charge in [0.25, 0.3) is 0 Å². The monoisotopic (exact) mass is 386 g/mol. The van der Waals surface area contributed by atoms with E-state index in [-0.39, 0.29) is 25.0 Å². The van der Waals surface area contributed by atoms with Crippen LogP contribution >= 0.6 is 0 Å². The molecule has 0 aromatic heterocycles. The summed E-state index contributed by atoms with van der Waals surface area (Å²) in [6, 6.07) is -0.868. The first-order valence-electron chi connectivity index (χ1n) is 9.58. The van der Waals surface area contributed by atoms with Crippen molar-refractivity contribution in [2.24, 2.45) is 0 Å². The molecule has 0 radical (unpaired) electrons. The molecule has 0 aliphatic carbocycles. The second-order valence-electron chi connectivity index (χ2n) is 7.54. The number of carbonyl (C=O) groups is 2. The van der Waals surface area contributed by atoms with Gasteiger partial charge in [-0.3, -0.25) is 9.59 Å². The fraction of sp³-hybridized carbons (Fsp3) is 0.889. The predicted molar refractivity (Wildman–Crippen MR) is 93.7 cm³/mol. The third kappa shape index (κ3) is 4.60. The summed E-state index contributed by atoms with van der Waals surface area (Å²) in [6.45, 7) is 6.43. The SMILES string of the molecule is CCOC(=O)CC(NC(=O)[C@@H]1CCCN1)C1O[C@H]2OC(C)(C)O[C@H]2[C@@H]1OC. The third-order valence-corrected chi connectivity index (χ3v) is 5.09. The Morgan fingerprint density at radius 3 is 2.74 bits per heavy atom. The number of rotatable bonds is 7. The Hall–Kier alpha value is -1.26. The fourth-order valence-electron chi connectivity index (χ4n) is 3.94. The van der Waals surface area contributed by atoms with Crippen LogP contribution in [0.4, 0.5) is 0 Å². The van der Waals surface area contributed by atoms with E-state index in [0.29, 0.717) is 0 Å². The molecule has 2 unspecified atom stereocenters. The number of nitrogens with one attached hydrogen (secondary N) is 2. The molecule has 3 fully saturated rings. The Labute approximate surface area is 159 Å². The Morgan fingerprint density at radius 1 is 1.33 bits per heavy atom. The molecule has 0 saturated carbocycles. The van der Waals surface area contributed by atoms with E-state index >= 15 is 0 Å². The lowest BCUT2D eigenvalue weighted by Crippen LogP contribution is -2.54. The Kier molecular flexibility index (Phi) is 6.37. The minimum absolute atomic E-state index is 0.0142. The summed E-state index contributed by atoms with van der Waals surface area (Å²) in [5.74, 6) is -1.33. The van der Waals surface area contributed by atoms with Gasteiger partial charge in [0, 0.05) is 7.11 Å². The molecule has 1 amide bonds. The molecular formula is C18H30N2O7. The van der Waals surface area contributed by atoms with Crippen molar-refractivity contribution in [2.75, 3.05) is 20.3 Å². The van der Waals surface area contributed by atoms with Crippen molar-refractivity contribution in [1.82, 2.24) is 10.6 Å². The van der Waals surface area contributed by atoms with Gasteiger partial charge in [-0.05, 0) is 40.2 Å². The molecule has 3 saturated heterocycles. The van der Waals surface area contributed by atoms with E-state index in [1.54, 1.807) is 27.9 Å². The quantitative estimate of drug-likeness (QED) is 0.593. The lowest BCUT2D eigenvalue weighted by Gasteiger charge is -2.31. The van der Waals surface area contributed by atoms with Gasteiger partial charge in [0.05, 0.1) is 25.1 Å². The van der Waals surface area contributed by atoms with E-state index in [1.165, 1.54) is 0 Å². The highest BCUT2D eigenvalue weighted by molar-refractivity contribution is 5.83. The van der Waals surface area contributed by atoms with Crippen LogP contribution in [0.3, 0.4) is 0 Å². The van der Waals surface area contributed by atoms with E-state index < -0.39 is 42.4 Å². The van der Waals surface area contributed by atoms with Crippen LogP contribution in [0.15, 0.2) is 0 Å². The van der Waals surface area contributed by atoms with Crippen LogP contribution in [-0.4, -0.2) is 74.6 Å². The van der Waals surface area contributed by atoms with Crippen LogP contribution in [-0.2, 0) is 33.3 Å². The van der Waals surface area contributed by atoms with Gasteiger partial charge in [-0.2, -0.15) is 0 Å². The minimum Gasteiger partial charge on any atom is -0.466 e. The van der Waals surface area contributed by atoms with Crippen LogP contribution in [0.5, 0.6) is 0 Å². The zero-order valence-electron chi connectivity index (χ0n) is 16.4. The van der Waals surface area contributed by atoms with Crippen LogP contribution in [0.1, 0.15) is 40.0 Å². The minimum atomic E-state index is -0.773. The maximum Gasteiger partial charge on any atom is 0.307 e. The summed E-state index contributed by atoms with van der Waals surface area (Å²) in [4.78, 5) is 24.7.